The topological polar surface area (TPSA) is 119 Å². The number of rotatable bonds is 8. The van der Waals surface area contributed by atoms with Crippen LogP contribution in [0.2, 0.25) is 0 Å². The lowest BCUT2D eigenvalue weighted by atomic mass is 10.0. The van der Waals surface area contributed by atoms with Gasteiger partial charge < -0.3 is 10.3 Å². The number of nitrogens with one attached hydrogen (secondary N) is 2. The van der Waals surface area contributed by atoms with E-state index in [1.807, 2.05) is 30.3 Å². The molecule has 1 unspecified atom stereocenters. The molecule has 2 heterocycles. The first kappa shape index (κ1) is 20.0. The quantitative estimate of drug-likeness (QED) is 0.338. The number of non-ortho nitro benzene ring substituents is 1. The molecule has 156 valence electrons. The van der Waals surface area contributed by atoms with Gasteiger partial charge in [0.1, 0.15) is 0 Å². The second-order valence-corrected chi connectivity index (χ2v) is 7.09. The van der Waals surface area contributed by atoms with Crippen molar-refractivity contribution in [1.82, 2.24) is 25.1 Å². The van der Waals surface area contributed by atoms with E-state index < -0.39 is 4.92 Å². The normalized spacial score (nSPS) is 11.7. The van der Waals surface area contributed by atoms with Crippen molar-refractivity contribution in [1.29, 1.82) is 0 Å². The molecule has 0 spiro atoms. The monoisotopic (exact) mass is 416 g/mol. The lowest BCUT2D eigenvalue weighted by Gasteiger charge is -2.18. The number of amides is 1. The van der Waals surface area contributed by atoms with Crippen LogP contribution in [0.15, 0.2) is 79.5 Å². The number of carbonyl (C=O) groups excluding carboxylic acids is 1. The maximum atomic E-state index is 12.9. The lowest BCUT2D eigenvalue weighted by molar-refractivity contribution is -0.384. The van der Waals surface area contributed by atoms with E-state index in [4.69, 9.17) is 0 Å². The van der Waals surface area contributed by atoms with Gasteiger partial charge in [-0.15, -0.1) is 0 Å². The van der Waals surface area contributed by atoms with Crippen molar-refractivity contribution in [2.45, 2.75) is 18.9 Å². The number of H-pyrrole nitrogens is 1. The van der Waals surface area contributed by atoms with Crippen LogP contribution in [-0.2, 0) is 12.8 Å². The van der Waals surface area contributed by atoms with E-state index in [9.17, 15) is 14.9 Å². The van der Waals surface area contributed by atoms with Gasteiger partial charge in [0.15, 0.2) is 0 Å². The number of hydrogen-bond acceptors (Lipinski definition) is 5. The third kappa shape index (κ3) is 5.02. The molecule has 1 amide bonds. The van der Waals surface area contributed by atoms with Crippen LogP contribution in [0.4, 0.5) is 5.69 Å². The van der Waals surface area contributed by atoms with Gasteiger partial charge in [-0.05, 0) is 24.1 Å². The molecule has 0 bridgehead atoms. The third-order valence-corrected chi connectivity index (χ3v) is 4.85. The minimum atomic E-state index is -0.460. The highest BCUT2D eigenvalue weighted by Gasteiger charge is 2.17. The van der Waals surface area contributed by atoms with E-state index in [0.717, 1.165) is 11.3 Å². The smallest absolute Gasteiger partial charge is 0.269 e. The minimum Gasteiger partial charge on any atom is -0.348 e. The summed E-state index contributed by atoms with van der Waals surface area (Å²) in [5.41, 5.74) is 3.08. The minimum absolute atomic E-state index is 0.00330. The summed E-state index contributed by atoms with van der Waals surface area (Å²) in [6, 6.07) is 15.8. The zero-order valence-corrected chi connectivity index (χ0v) is 16.5. The van der Waals surface area contributed by atoms with E-state index in [1.54, 1.807) is 30.9 Å². The van der Waals surface area contributed by atoms with Gasteiger partial charge in [-0.3, -0.25) is 14.9 Å². The second kappa shape index (κ2) is 9.04. The Bertz CT molecular complexity index is 1150. The van der Waals surface area contributed by atoms with Gasteiger partial charge in [-0.1, -0.05) is 30.3 Å². The highest BCUT2D eigenvalue weighted by molar-refractivity contribution is 5.94. The fourth-order valence-corrected chi connectivity index (χ4v) is 3.31. The average molecular weight is 416 g/mol. The number of nitrogens with zero attached hydrogens (tertiary/aromatic N) is 4. The predicted octanol–water partition coefficient (Wildman–Crippen LogP) is 3.09. The summed E-state index contributed by atoms with van der Waals surface area (Å²) in [6.07, 6.45) is 7.72. The molecular formula is C22H20N6O3. The molecule has 0 saturated carbocycles. The number of carbonyl (C=O) groups is 1. The zero-order chi connectivity index (χ0) is 21.6. The Kier molecular flexibility index (Phi) is 5.84. The van der Waals surface area contributed by atoms with Crippen molar-refractivity contribution in [2.24, 2.45) is 0 Å². The molecule has 0 radical (unpaired) electrons. The Morgan fingerprint density at radius 3 is 2.55 bits per heavy atom. The number of nitro groups is 1. The van der Waals surface area contributed by atoms with Crippen LogP contribution in [0.3, 0.4) is 0 Å². The van der Waals surface area contributed by atoms with Crippen molar-refractivity contribution in [3.63, 3.8) is 0 Å². The summed E-state index contributed by atoms with van der Waals surface area (Å²) in [7, 11) is 0. The molecule has 2 N–H and O–H groups in total. The van der Waals surface area contributed by atoms with E-state index in [-0.39, 0.29) is 17.6 Å². The van der Waals surface area contributed by atoms with Crippen LogP contribution >= 0.6 is 0 Å². The molecule has 4 rings (SSSR count). The Balaban J connectivity index is 1.48. The van der Waals surface area contributed by atoms with Crippen molar-refractivity contribution in [2.75, 3.05) is 0 Å². The molecule has 0 aliphatic rings. The molecule has 31 heavy (non-hydrogen) atoms. The molecular weight excluding hydrogens is 396 g/mol. The lowest BCUT2D eigenvalue weighted by Crippen LogP contribution is -2.38. The first-order valence-electron chi connectivity index (χ1n) is 9.70. The van der Waals surface area contributed by atoms with Gasteiger partial charge in [-0.25, -0.2) is 9.67 Å². The molecule has 2 aromatic heterocycles. The van der Waals surface area contributed by atoms with Gasteiger partial charge in [-0.2, -0.15) is 5.10 Å². The Hall–Kier alpha value is -4.27. The van der Waals surface area contributed by atoms with Crippen molar-refractivity contribution >= 4 is 11.6 Å². The first-order chi connectivity index (χ1) is 15.1. The number of nitro benzene ring substituents is 1. The molecule has 0 fully saturated rings. The molecule has 1 atom stereocenters. The Morgan fingerprint density at radius 1 is 1.10 bits per heavy atom. The van der Waals surface area contributed by atoms with Crippen LogP contribution in [0.25, 0.3) is 5.69 Å². The highest BCUT2D eigenvalue weighted by Crippen LogP contribution is 2.15. The number of benzene rings is 2. The molecule has 0 aliphatic heterocycles. The van der Waals surface area contributed by atoms with Crippen molar-refractivity contribution in [3.05, 3.63) is 106 Å². The SMILES string of the molecule is O=C(NC(Cc1ccccc1)Cc1cnc[nH]1)c1cnn(-c2ccc([N+](=O)[O-])cc2)c1. The van der Waals surface area contributed by atoms with Gasteiger partial charge in [0, 0.05) is 42.7 Å². The molecule has 0 aliphatic carbocycles. The third-order valence-electron chi connectivity index (χ3n) is 4.85. The summed E-state index contributed by atoms with van der Waals surface area (Å²) in [5.74, 6) is -0.242. The summed E-state index contributed by atoms with van der Waals surface area (Å²) < 4.78 is 1.51. The van der Waals surface area contributed by atoms with Gasteiger partial charge in [0.2, 0.25) is 0 Å². The van der Waals surface area contributed by atoms with Gasteiger partial charge in [0.05, 0.1) is 28.7 Å². The van der Waals surface area contributed by atoms with Crippen LogP contribution in [-0.4, -0.2) is 36.6 Å². The number of aromatic nitrogens is 4. The van der Waals surface area contributed by atoms with E-state index in [2.05, 4.69) is 20.4 Å². The summed E-state index contributed by atoms with van der Waals surface area (Å²) in [5, 5.41) is 18.1. The number of imidazole rings is 1. The predicted molar refractivity (Wildman–Crippen MR) is 114 cm³/mol. The average Bonchev–Trinajstić information content (AvgIpc) is 3.47. The van der Waals surface area contributed by atoms with E-state index in [1.165, 1.54) is 23.0 Å². The molecule has 2 aromatic carbocycles. The molecule has 4 aromatic rings. The Morgan fingerprint density at radius 2 is 1.87 bits per heavy atom. The number of hydrogen-bond donors (Lipinski definition) is 2. The van der Waals surface area contributed by atoms with Crippen LogP contribution in [0, 0.1) is 10.1 Å². The van der Waals surface area contributed by atoms with E-state index in [0.29, 0.717) is 24.1 Å². The summed E-state index contributed by atoms with van der Waals surface area (Å²) >= 11 is 0. The molecule has 9 heteroatoms. The van der Waals surface area contributed by atoms with Crippen molar-refractivity contribution < 1.29 is 9.72 Å². The van der Waals surface area contributed by atoms with Crippen molar-refractivity contribution in [3.8, 4) is 5.69 Å². The first-order valence-corrected chi connectivity index (χ1v) is 9.70. The van der Waals surface area contributed by atoms with Crippen LogP contribution in [0.5, 0.6) is 0 Å². The maximum Gasteiger partial charge on any atom is 0.269 e. The summed E-state index contributed by atoms with van der Waals surface area (Å²) in [6.45, 7) is 0. The highest BCUT2D eigenvalue weighted by atomic mass is 16.6. The Labute approximate surface area is 177 Å². The fraction of sp³-hybridized carbons (Fsp3) is 0.136. The maximum absolute atomic E-state index is 12.9. The van der Waals surface area contributed by atoms with Crippen LogP contribution < -0.4 is 5.32 Å². The fourth-order valence-electron chi connectivity index (χ4n) is 3.31. The second-order valence-electron chi connectivity index (χ2n) is 7.09. The van der Waals surface area contributed by atoms with Gasteiger partial charge >= 0.3 is 0 Å². The largest absolute Gasteiger partial charge is 0.348 e. The van der Waals surface area contributed by atoms with Crippen LogP contribution in [0.1, 0.15) is 21.6 Å². The van der Waals surface area contributed by atoms with E-state index >= 15 is 0 Å². The van der Waals surface area contributed by atoms with Gasteiger partial charge in [0.25, 0.3) is 11.6 Å². The standard InChI is InChI=1S/C22H20N6O3/c29-22(17-12-25-27(14-17)20-6-8-21(9-7-20)28(30)31)26-18(11-19-13-23-15-24-19)10-16-4-2-1-3-5-16/h1-9,12-15,18H,10-11H2,(H,23,24)(H,26,29). The molecule has 9 nitrogen and oxygen atoms in total. The zero-order valence-electron chi connectivity index (χ0n) is 16.5. The summed E-state index contributed by atoms with van der Waals surface area (Å²) in [4.78, 5) is 30.4. The number of aromatic amines is 1. The molecule has 0 saturated heterocycles.